The van der Waals surface area contributed by atoms with E-state index < -0.39 is 31.1 Å². The number of hydrogen-bond acceptors (Lipinski definition) is 9. The van der Waals surface area contributed by atoms with Crippen LogP contribution in [0.1, 0.15) is 13.2 Å². The quantitative estimate of drug-likeness (QED) is 0.524. The van der Waals surface area contributed by atoms with E-state index in [1.165, 1.54) is 10.9 Å². The van der Waals surface area contributed by atoms with Crippen molar-refractivity contribution in [3.05, 3.63) is 6.33 Å². The van der Waals surface area contributed by atoms with Gasteiger partial charge in [0.15, 0.2) is 17.4 Å². The van der Waals surface area contributed by atoms with Gasteiger partial charge >= 0.3 is 0 Å². The van der Waals surface area contributed by atoms with E-state index in [1.54, 1.807) is 6.92 Å². The molecule has 0 spiro atoms. The van der Waals surface area contributed by atoms with Crippen molar-refractivity contribution in [2.45, 2.75) is 31.5 Å². The van der Waals surface area contributed by atoms with Crippen LogP contribution >= 0.6 is 0 Å². The number of nitrogens with zero attached hydrogens (tertiary/aromatic N) is 4. The molecule has 3 rings (SSSR count). The maximum absolute atomic E-state index is 10.1. The smallest absolute Gasteiger partial charge is 0.247 e. The normalized spacial score (nSPS) is 28.4. The number of nitrogens with two attached hydrogens (primary N) is 1. The molecule has 1 aliphatic heterocycles. The molecule has 0 radical (unpaired) electrons. The first-order valence-corrected chi connectivity index (χ1v) is 6.82. The first kappa shape index (κ1) is 14.9. The molecule has 1 saturated heterocycles. The molecular weight excluding hydrogens is 294 g/mol. The molecule has 0 bridgehead atoms. The predicted octanol–water partition coefficient (Wildman–Crippen LogP) is -1.58. The fourth-order valence-corrected chi connectivity index (χ4v) is 2.44. The standard InChI is InChI=1S/C12H17N5O5/c1-2-21-10-6-9(15-12(13)16-10)17(4-14-6)11-8(20)7(19)5(3-18)22-11/h4-5,7-8,11,18-20H,2-3H2,1H3,(H2,13,15,16)/t5-,7?,8?,11-/m1/s1. The Kier molecular flexibility index (Phi) is 3.83. The van der Waals surface area contributed by atoms with Crippen molar-refractivity contribution in [1.82, 2.24) is 19.5 Å². The molecule has 2 aromatic rings. The monoisotopic (exact) mass is 311 g/mol. The van der Waals surface area contributed by atoms with E-state index in [-0.39, 0.29) is 11.8 Å². The molecule has 22 heavy (non-hydrogen) atoms. The van der Waals surface area contributed by atoms with Crippen molar-refractivity contribution in [3.8, 4) is 5.88 Å². The molecule has 10 nitrogen and oxygen atoms in total. The van der Waals surface area contributed by atoms with Crippen LogP contribution in [0.25, 0.3) is 11.2 Å². The van der Waals surface area contributed by atoms with E-state index in [4.69, 9.17) is 20.3 Å². The second-order valence-electron chi connectivity index (χ2n) is 4.87. The van der Waals surface area contributed by atoms with Gasteiger partial charge in [-0.25, -0.2) is 4.98 Å². The summed E-state index contributed by atoms with van der Waals surface area (Å²) in [4.78, 5) is 12.2. The SMILES string of the molecule is CCOc1nc(N)nc2c1ncn2[C@@H]1O[C@H](CO)C(O)C1O. The number of anilines is 1. The first-order chi connectivity index (χ1) is 10.6. The zero-order chi connectivity index (χ0) is 15.9. The molecule has 5 N–H and O–H groups in total. The Hall–Kier alpha value is -2.01. The molecule has 1 aliphatic rings. The van der Waals surface area contributed by atoms with Gasteiger partial charge in [0, 0.05) is 0 Å². The summed E-state index contributed by atoms with van der Waals surface area (Å²) >= 11 is 0. The Balaban J connectivity index is 2.05. The lowest BCUT2D eigenvalue weighted by atomic mass is 10.1. The number of aliphatic hydroxyl groups excluding tert-OH is 3. The molecule has 0 aliphatic carbocycles. The molecule has 10 heteroatoms. The Morgan fingerprint density at radius 2 is 2.14 bits per heavy atom. The summed E-state index contributed by atoms with van der Waals surface area (Å²) in [5.41, 5.74) is 6.34. The van der Waals surface area contributed by atoms with Crippen molar-refractivity contribution in [1.29, 1.82) is 0 Å². The number of aromatic nitrogens is 4. The Morgan fingerprint density at radius 3 is 2.77 bits per heavy atom. The van der Waals surface area contributed by atoms with Gasteiger partial charge in [-0.15, -0.1) is 0 Å². The summed E-state index contributed by atoms with van der Waals surface area (Å²) < 4.78 is 12.3. The Labute approximate surface area is 125 Å². The van der Waals surface area contributed by atoms with Gasteiger partial charge in [-0.2, -0.15) is 9.97 Å². The van der Waals surface area contributed by atoms with Crippen molar-refractivity contribution < 1.29 is 24.8 Å². The van der Waals surface area contributed by atoms with Crippen molar-refractivity contribution in [2.75, 3.05) is 18.9 Å². The average molecular weight is 311 g/mol. The van der Waals surface area contributed by atoms with Crippen LogP contribution in [0.3, 0.4) is 0 Å². The predicted molar refractivity (Wildman–Crippen MR) is 73.9 cm³/mol. The fraction of sp³-hybridized carbons (Fsp3) is 0.583. The molecule has 1 fully saturated rings. The van der Waals surface area contributed by atoms with Crippen LogP contribution < -0.4 is 10.5 Å². The maximum atomic E-state index is 10.1. The number of ether oxygens (including phenoxy) is 2. The first-order valence-electron chi connectivity index (χ1n) is 6.82. The highest BCUT2D eigenvalue weighted by Gasteiger charge is 2.44. The number of rotatable bonds is 4. The molecule has 3 heterocycles. The Morgan fingerprint density at radius 1 is 1.36 bits per heavy atom. The molecule has 0 aromatic carbocycles. The third-order valence-electron chi connectivity index (χ3n) is 3.48. The van der Waals surface area contributed by atoms with Crippen LogP contribution in [-0.2, 0) is 4.74 Å². The summed E-state index contributed by atoms with van der Waals surface area (Å²) in [6.45, 7) is 1.77. The minimum Gasteiger partial charge on any atom is -0.476 e. The molecule has 2 aromatic heterocycles. The maximum Gasteiger partial charge on any atom is 0.247 e. The minimum absolute atomic E-state index is 0.00977. The summed E-state index contributed by atoms with van der Waals surface area (Å²) in [7, 11) is 0. The number of aliphatic hydroxyl groups is 3. The second-order valence-corrected chi connectivity index (χ2v) is 4.87. The summed E-state index contributed by atoms with van der Waals surface area (Å²) in [5, 5.41) is 29.1. The van der Waals surface area contributed by atoms with Gasteiger partial charge in [0.2, 0.25) is 11.8 Å². The van der Waals surface area contributed by atoms with E-state index in [2.05, 4.69) is 15.0 Å². The van der Waals surface area contributed by atoms with Crippen LogP contribution in [0.2, 0.25) is 0 Å². The van der Waals surface area contributed by atoms with E-state index >= 15 is 0 Å². The lowest BCUT2D eigenvalue weighted by Crippen LogP contribution is -2.33. The van der Waals surface area contributed by atoms with Gasteiger partial charge in [0.25, 0.3) is 0 Å². The van der Waals surface area contributed by atoms with Crippen molar-refractivity contribution in [3.63, 3.8) is 0 Å². The van der Waals surface area contributed by atoms with Crippen molar-refractivity contribution in [2.24, 2.45) is 0 Å². The average Bonchev–Trinajstić information content (AvgIpc) is 3.02. The zero-order valence-corrected chi connectivity index (χ0v) is 11.8. The molecule has 0 saturated carbocycles. The van der Waals surface area contributed by atoms with Crippen molar-refractivity contribution >= 4 is 17.1 Å². The fourth-order valence-electron chi connectivity index (χ4n) is 2.44. The lowest BCUT2D eigenvalue weighted by Gasteiger charge is -2.16. The lowest BCUT2D eigenvalue weighted by molar-refractivity contribution is -0.0511. The van der Waals surface area contributed by atoms with Gasteiger partial charge < -0.3 is 30.5 Å². The molecule has 4 atom stereocenters. The van der Waals surface area contributed by atoms with Crippen LogP contribution in [0.4, 0.5) is 5.95 Å². The minimum atomic E-state index is -1.23. The molecular formula is C12H17N5O5. The largest absolute Gasteiger partial charge is 0.476 e. The third kappa shape index (κ3) is 2.25. The van der Waals surface area contributed by atoms with Crippen LogP contribution in [0.5, 0.6) is 5.88 Å². The highest BCUT2D eigenvalue weighted by molar-refractivity contribution is 5.77. The number of nitrogen functional groups attached to an aromatic ring is 1. The van der Waals surface area contributed by atoms with Gasteiger partial charge in [0.05, 0.1) is 19.5 Å². The number of imidazole rings is 1. The summed E-state index contributed by atoms with van der Waals surface area (Å²) in [6.07, 6.45) is -2.88. The third-order valence-corrected chi connectivity index (χ3v) is 3.48. The van der Waals surface area contributed by atoms with E-state index in [9.17, 15) is 10.2 Å². The van der Waals surface area contributed by atoms with Gasteiger partial charge in [-0.3, -0.25) is 4.57 Å². The zero-order valence-electron chi connectivity index (χ0n) is 11.8. The Bertz CT molecular complexity index is 677. The van der Waals surface area contributed by atoms with Crippen LogP contribution in [0.15, 0.2) is 6.33 Å². The van der Waals surface area contributed by atoms with E-state index in [0.717, 1.165) is 0 Å². The summed E-state index contributed by atoms with van der Waals surface area (Å²) in [6, 6.07) is 0. The highest BCUT2D eigenvalue weighted by atomic mass is 16.6. The molecule has 0 amide bonds. The highest BCUT2D eigenvalue weighted by Crippen LogP contribution is 2.32. The number of hydrogen-bond donors (Lipinski definition) is 4. The van der Waals surface area contributed by atoms with E-state index in [0.29, 0.717) is 17.8 Å². The van der Waals surface area contributed by atoms with Gasteiger partial charge in [0.1, 0.15) is 18.3 Å². The van der Waals surface area contributed by atoms with Crippen LogP contribution in [-0.4, -0.2) is 66.4 Å². The topological polar surface area (TPSA) is 149 Å². The van der Waals surface area contributed by atoms with Gasteiger partial charge in [-0.05, 0) is 6.92 Å². The van der Waals surface area contributed by atoms with E-state index in [1.807, 2.05) is 0 Å². The van der Waals surface area contributed by atoms with Crippen LogP contribution in [0, 0.1) is 0 Å². The number of fused-ring (bicyclic) bond motifs is 1. The molecule has 120 valence electrons. The van der Waals surface area contributed by atoms with Gasteiger partial charge in [-0.1, -0.05) is 0 Å². The summed E-state index contributed by atoms with van der Waals surface area (Å²) in [5.74, 6) is 0.222. The second kappa shape index (κ2) is 5.65. The molecule has 2 unspecified atom stereocenters.